The van der Waals surface area contributed by atoms with Gasteiger partial charge in [-0.2, -0.15) is 0 Å². The van der Waals surface area contributed by atoms with Crippen LogP contribution in [0.4, 0.5) is 0 Å². The molecule has 1 aliphatic rings. The Hall–Kier alpha value is -0.380. The number of hydrogen-bond donors (Lipinski definition) is 1. The van der Waals surface area contributed by atoms with Gasteiger partial charge in [0.2, 0.25) is 0 Å². The summed E-state index contributed by atoms with van der Waals surface area (Å²) in [5.74, 6) is 0. The van der Waals surface area contributed by atoms with Gasteiger partial charge in [-0.3, -0.25) is 0 Å². The highest BCUT2D eigenvalue weighted by molar-refractivity contribution is 7.10. The third kappa shape index (κ3) is 3.30. The van der Waals surface area contributed by atoms with Crippen molar-refractivity contribution in [3.8, 4) is 0 Å². The minimum atomic E-state index is 0.292. The summed E-state index contributed by atoms with van der Waals surface area (Å²) in [6.45, 7) is 8.39. The van der Waals surface area contributed by atoms with Gasteiger partial charge in [-0.05, 0) is 44.4 Å². The van der Waals surface area contributed by atoms with E-state index in [1.54, 1.807) is 0 Å². The first-order chi connectivity index (χ1) is 8.12. The van der Waals surface area contributed by atoms with Crippen molar-refractivity contribution in [2.45, 2.75) is 38.1 Å². The first-order valence-corrected chi connectivity index (χ1v) is 7.43. The Balaban J connectivity index is 1.89. The predicted octanol–water partition coefficient (Wildman–Crippen LogP) is 2.71. The van der Waals surface area contributed by atoms with E-state index < -0.39 is 0 Å². The highest BCUT2D eigenvalue weighted by atomic mass is 32.1. The third-order valence-corrected chi connectivity index (χ3v) is 5.04. The minimum absolute atomic E-state index is 0.292. The molecule has 1 aromatic rings. The molecule has 1 N–H and O–H groups in total. The molecule has 0 amide bonds. The Labute approximate surface area is 109 Å². The maximum absolute atomic E-state index is 3.39. The molecule has 0 unspecified atom stereocenters. The van der Waals surface area contributed by atoms with Crippen LogP contribution >= 0.6 is 11.3 Å². The Bertz CT molecular complexity index is 324. The Morgan fingerprint density at radius 3 is 2.65 bits per heavy atom. The zero-order valence-electron chi connectivity index (χ0n) is 11.2. The molecule has 0 aliphatic carbocycles. The minimum Gasteiger partial charge on any atom is -0.317 e. The number of piperidine rings is 1. The van der Waals surface area contributed by atoms with Crippen LogP contribution in [0.3, 0.4) is 0 Å². The van der Waals surface area contributed by atoms with Crippen LogP contribution in [0, 0.1) is 0 Å². The van der Waals surface area contributed by atoms with E-state index in [1.807, 2.05) is 11.3 Å². The smallest absolute Gasteiger partial charge is 0.0118 e. The van der Waals surface area contributed by atoms with E-state index in [4.69, 9.17) is 0 Å². The van der Waals surface area contributed by atoms with Crippen LogP contribution in [0.2, 0.25) is 0 Å². The fourth-order valence-corrected chi connectivity index (χ4v) is 3.52. The van der Waals surface area contributed by atoms with Gasteiger partial charge in [-0.25, -0.2) is 0 Å². The lowest BCUT2D eigenvalue weighted by Gasteiger charge is -2.37. The van der Waals surface area contributed by atoms with Gasteiger partial charge in [0.1, 0.15) is 0 Å². The molecule has 1 aromatic heterocycles. The molecule has 1 aliphatic heterocycles. The molecule has 0 atom stereocenters. The monoisotopic (exact) mass is 252 g/mol. The molecule has 2 nitrogen and oxygen atoms in total. The zero-order chi connectivity index (χ0) is 12.3. The lowest BCUT2D eigenvalue weighted by Crippen LogP contribution is -2.45. The topological polar surface area (TPSA) is 15.3 Å². The molecule has 1 saturated heterocycles. The van der Waals surface area contributed by atoms with Crippen molar-refractivity contribution in [3.63, 3.8) is 0 Å². The van der Waals surface area contributed by atoms with Crippen LogP contribution in [0.15, 0.2) is 17.5 Å². The van der Waals surface area contributed by atoms with Gasteiger partial charge in [-0.15, -0.1) is 11.3 Å². The van der Waals surface area contributed by atoms with Crippen LogP contribution < -0.4 is 5.32 Å². The van der Waals surface area contributed by atoms with Crippen molar-refractivity contribution < 1.29 is 0 Å². The molecule has 0 aromatic carbocycles. The van der Waals surface area contributed by atoms with Crippen LogP contribution in [0.25, 0.3) is 0 Å². The predicted molar refractivity (Wildman–Crippen MR) is 75.9 cm³/mol. The molecule has 0 spiro atoms. The number of nitrogens with one attached hydrogen (secondary N) is 1. The number of hydrogen-bond acceptors (Lipinski definition) is 3. The van der Waals surface area contributed by atoms with Gasteiger partial charge in [0.05, 0.1) is 0 Å². The van der Waals surface area contributed by atoms with E-state index in [0.29, 0.717) is 5.41 Å². The largest absolute Gasteiger partial charge is 0.317 e. The SMILES string of the molecule is CNC1CCN(CC(C)(C)c2cccs2)CC1. The van der Waals surface area contributed by atoms with E-state index in [1.165, 1.54) is 37.4 Å². The molecular formula is C14H24N2S. The van der Waals surface area contributed by atoms with Crippen molar-refractivity contribution in [1.82, 2.24) is 10.2 Å². The second kappa shape index (κ2) is 5.51. The molecule has 2 rings (SSSR count). The normalized spacial score (nSPS) is 19.7. The van der Waals surface area contributed by atoms with E-state index >= 15 is 0 Å². The van der Waals surface area contributed by atoms with Gasteiger partial charge >= 0.3 is 0 Å². The standard InChI is InChI=1S/C14H24N2S/c1-14(2,13-5-4-10-17-13)11-16-8-6-12(15-3)7-9-16/h4-5,10,12,15H,6-9,11H2,1-3H3. The fourth-order valence-electron chi connectivity index (χ4n) is 2.68. The average Bonchev–Trinajstić information content (AvgIpc) is 2.84. The highest BCUT2D eigenvalue weighted by Gasteiger charge is 2.27. The van der Waals surface area contributed by atoms with Crippen molar-refractivity contribution in [1.29, 1.82) is 0 Å². The average molecular weight is 252 g/mol. The number of thiophene rings is 1. The zero-order valence-corrected chi connectivity index (χ0v) is 12.0. The first-order valence-electron chi connectivity index (χ1n) is 6.55. The second-order valence-electron chi connectivity index (χ2n) is 5.70. The summed E-state index contributed by atoms with van der Waals surface area (Å²) in [5, 5.41) is 5.58. The molecule has 17 heavy (non-hydrogen) atoms. The maximum atomic E-state index is 3.39. The number of rotatable bonds is 4. The van der Waals surface area contributed by atoms with Crippen molar-refractivity contribution in [2.24, 2.45) is 0 Å². The van der Waals surface area contributed by atoms with E-state index in [-0.39, 0.29) is 0 Å². The summed E-state index contributed by atoms with van der Waals surface area (Å²) >= 11 is 1.88. The van der Waals surface area contributed by atoms with Gasteiger partial charge < -0.3 is 10.2 Å². The van der Waals surface area contributed by atoms with Gasteiger partial charge in [0.25, 0.3) is 0 Å². The molecule has 3 heteroatoms. The fraction of sp³-hybridized carbons (Fsp3) is 0.714. The van der Waals surface area contributed by atoms with Crippen molar-refractivity contribution in [2.75, 3.05) is 26.7 Å². The summed E-state index contributed by atoms with van der Waals surface area (Å²) in [5.41, 5.74) is 0.292. The molecule has 0 radical (unpaired) electrons. The maximum Gasteiger partial charge on any atom is 0.0118 e. The molecular weight excluding hydrogens is 228 g/mol. The first kappa shape index (κ1) is 13.1. The van der Waals surface area contributed by atoms with E-state index in [9.17, 15) is 0 Å². The van der Waals surface area contributed by atoms with Gasteiger partial charge in [0, 0.05) is 22.9 Å². The molecule has 0 saturated carbocycles. The summed E-state index contributed by atoms with van der Waals surface area (Å²) < 4.78 is 0. The van der Waals surface area contributed by atoms with Crippen LogP contribution in [-0.4, -0.2) is 37.6 Å². The molecule has 1 fully saturated rings. The van der Waals surface area contributed by atoms with E-state index in [0.717, 1.165) is 6.04 Å². The van der Waals surface area contributed by atoms with Gasteiger partial charge in [-0.1, -0.05) is 19.9 Å². The van der Waals surface area contributed by atoms with Crippen LogP contribution in [-0.2, 0) is 5.41 Å². The van der Waals surface area contributed by atoms with Crippen LogP contribution in [0.1, 0.15) is 31.6 Å². The Morgan fingerprint density at radius 2 is 2.12 bits per heavy atom. The Morgan fingerprint density at radius 1 is 1.41 bits per heavy atom. The lowest BCUT2D eigenvalue weighted by atomic mass is 9.89. The third-order valence-electron chi connectivity index (χ3n) is 3.80. The van der Waals surface area contributed by atoms with Crippen molar-refractivity contribution >= 4 is 11.3 Å². The lowest BCUT2D eigenvalue weighted by molar-refractivity contribution is 0.171. The molecule has 0 bridgehead atoms. The molecule has 96 valence electrons. The highest BCUT2D eigenvalue weighted by Crippen LogP contribution is 2.29. The second-order valence-corrected chi connectivity index (χ2v) is 6.65. The molecule has 2 heterocycles. The number of likely N-dealkylation sites (tertiary alicyclic amines) is 1. The van der Waals surface area contributed by atoms with Crippen LogP contribution in [0.5, 0.6) is 0 Å². The summed E-state index contributed by atoms with van der Waals surface area (Å²) in [6, 6.07) is 5.16. The Kier molecular flexibility index (Phi) is 4.23. The summed E-state index contributed by atoms with van der Waals surface area (Å²) in [4.78, 5) is 4.13. The summed E-state index contributed by atoms with van der Waals surface area (Å²) in [6.07, 6.45) is 2.58. The van der Waals surface area contributed by atoms with Gasteiger partial charge in [0.15, 0.2) is 0 Å². The quantitative estimate of drug-likeness (QED) is 0.886. The number of nitrogens with zero attached hydrogens (tertiary/aromatic N) is 1. The van der Waals surface area contributed by atoms with Crippen molar-refractivity contribution in [3.05, 3.63) is 22.4 Å². The summed E-state index contributed by atoms with van der Waals surface area (Å²) in [7, 11) is 2.08. The van der Waals surface area contributed by atoms with E-state index in [2.05, 4.69) is 48.6 Å².